The number of allylic oxidation sites excluding steroid dienone is 3. The minimum atomic E-state index is 0.279. The molecule has 0 aromatic rings. The summed E-state index contributed by atoms with van der Waals surface area (Å²) in [4.78, 5) is 0. The average Bonchev–Trinajstić information content (AvgIpc) is 2.82. The van der Waals surface area contributed by atoms with Gasteiger partial charge in [0.25, 0.3) is 0 Å². The summed E-state index contributed by atoms with van der Waals surface area (Å²) in [7, 11) is 0. The summed E-state index contributed by atoms with van der Waals surface area (Å²) in [6.07, 6.45) is 16.6. The van der Waals surface area contributed by atoms with Crippen LogP contribution in [0.5, 0.6) is 0 Å². The summed E-state index contributed by atoms with van der Waals surface area (Å²) in [5.74, 6) is 4.10. The van der Waals surface area contributed by atoms with Gasteiger partial charge in [0.1, 0.15) is 0 Å². The van der Waals surface area contributed by atoms with E-state index >= 15 is 0 Å². The van der Waals surface area contributed by atoms with Crippen molar-refractivity contribution >= 4 is 0 Å². The first kappa shape index (κ1) is 22.2. The van der Waals surface area contributed by atoms with Crippen molar-refractivity contribution in [3.8, 4) is 0 Å². The molecule has 0 spiro atoms. The lowest BCUT2D eigenvalue weighted by Gasteiger charge is -2.70. The van der Waals surface area contributed by atoms with E-state index in [4.69, 9.17) is 0 Å². The number of hydrogen-bond acceptors (Lipinski definition) is 1. The van der Waals surface area contributed by atoms with E-state index in [1.165, 1.54) is 76.3 Å². The van der Waals surface area contributed by atoms with E-state index in [1.54, 1.807) is 0 Å². The van der Waals surface area contributed by atoms with Crippen molar-refractivity contribution in [1.29, 1.82) is 0 Å². The molecular weight excluding hydrogens is 374 g/mol. The third-order valence-corrected chi connectivity index (χ3v) is 12.3. The maximum Gasteiger partial charge on any atom is 0.0158 e. The van der Waals surface area contributed by atoms with Gasteiger partial charge in [0.05, 0.1) is 0 Å². The Labute approximate surface area is 192 Å². The third-order valence-electron chi connectivity index (χ3n) is 12.3. The second-order valence-electron chi connectivity index (χ2n) is 13.8. The Kier molecular flexibility index (Phi) is 5.18. The number of rotatable bonds is 1. The molecule has 8 atom stereocenters. The number of nitrogens with one attached hydrogen (secondary N) is 1. The molecule has 3 saturated carbocycles. The van der Waals surface area contributed by atoms with Crippen LogP contribution >= 0.6 is 0 Å². The Hall–Kier alpha value is -0.560. The van der Waals surface area contributed by atoms with E-state index in [0.29, 0.717) is 16.2 Å². The lowest BCUT2D eigenvalue weighted by atomic mass is 9.34. The Morgan fingerprint density at radius 3 is 2.45 bits per heavy atom. The van der Waals surface area contributed by atoms with Gasteiger partial charge in [0.15, 0.2) is 0 Å². The molecule has 0 aromatic heterocycles. The zero-order valence-electron chi connectivity index (χ0n) is 21.4. The molecule has 1 aliphatic heterocycles. The van der Waals surface area contributed by atoms with Crippen LogP contribution in [0.25, 0.3) is 0 Å². The van der Waals surface area contributed by atoms with Gasteiger partial charge in [-0.1, -0.05) is 44.6 Å². The summed E-state index contributed by atoms with van der Waals surface area (Å²) in [6, 6.07) is 0. The summed E-state index contributed by atoms with van der Waals surface area (Å²) < 4.78 is 0. The monoisotopic (exact) mass is 423 g/mol. The van der Waals surface area contributed by atoms with Gasteiger partial charge < -0.3 is 5.32 Å². The smallest absolute Gasteiger partial charge is 0.0158 e. The van der Waals surface area contributed by atoms with Crippen molar-refractivity contribution in [2.75, 3.05) is 6.54 Å². The van der Waals surface area contributed by atoms with Crippen molar-refractivity contribution in [1.82, 2.24) is 5.32 Å². The Balaban J connectivity index is 1.55. The second-order valence-corrected chi connectivity index (χ2v) is 13.8. The molecule has 0 radical (unpaired) electrons. The van der Waals surface area contributed by atoms with Crippen LogP contribution in [-0.4, -0.2) is 12.1 Å². The van der Waals surface area contributed by atoms with E-state index < -0.39 is 0 Å². The summed E-state index contributed by atoms with van der Waals surface area (Å²) in [6.45, 7) is 21.3. The zero-order valence-corrected chi connectivity index (χ0v) is 21.4. The van der Waals surface area contributed by atoms with Gasteiger partial charge in [0.2, 0.25) is 0 Å². The number of hydrogen-bond donors (Lipinski definition) is 1. The van der Waals surface area contributed by atoms with E-state index in [-0.39, 0.29) is 5.54 Å². The fourth-order valence-electron chi connectivity index (χ4n) is 10.7. The largest absolute Gasteiger partial charge is 0.311 e. The van der Waals surface area contributed by atoms with Crippen LogP contribution in [0.2, 0.25) is 0 Å². The third kappa shape index (κ3) is 2.97. The van der Waals surface area contributed by atoms with Gasteiger partial charge in [-0.15, -0.1) is 0 Å². The first-order valence-electron chi connectivity index (χ1n) is 13.6. The fraction of sp³-hybridized carbons (Fsp3) is 0.867. The van der Waals surface area contributed by atoms with Gasteiger partial charge in [0, 0.05) is 5.54 Å². The molecule has 0 amide bonds. The Morgan fingerprint density at radius 2 is 1.71 bits per heavy atom. The van der Waals surface area contributed by atoms with Crippen LogP contribution < -0.4 is 5.32 Å². The van der Waals surface area contributed by atoms with Gasteiger partial charge in [-0.3, -0.25) is 0 Å². The van der Waals surface area contributed by atoms with E-state index in [9.17, 15) is 0 Å². The van der Waals surface area contributed by atoms with Crippen molar-refractivity contribution in [3.63, 3.8) is 0 Å². The predicted octanol–water partition coefficient (Wildman–Crippen LogP) is 7.93. The van der Waals surface area contributed by atoms with Crippen LogP contribution in [0.4, 0.5) is 0 Å². The first-order chi connectivity index (χ1) is 14.5. The van der Waals surface area contributed by atoms with E-state index in [0.717, 1.165) is 29.6 Å². The van der Waals surface area contributed by atoms with Gasteiger partial charge >= 0.3 is 0 Å². The summed E-state index contributed by atoms with van der Waals surface area (Å²) in [5.41, 5.74) is 5.03. The molecule has 1 heteroatoms. The highest BCUT2D eigenvalue weighted by Gasteiger charge is 2.67. The Morgan fingerprint density at radius 1 is 0.935 bits per heavy atom. The molecule has 31 heavy (non-hydrogen) atoms. The highest BCUT2D eigenvalue weighted by atomic mass is 15.0. The van der Waals surface area contributed by atoms with Crippen LogP contribution in [0.1, 0.15) is 106 Å². The normalized spacial score (nSPS) is 51.3. The molecule has 0 unspecified atom stereocenters. The minimum absolute atomic E-state index is 0.279. The van der Waals surface area contributed by atoms with Crippen molar-refractivity contribution in [3.05, 3.63) is 23.8 Å². The maximum atomic E-state index is 4.49. The fourth-order valence-corrected chi connectivity index (χ4v) is 10.7. The average molecular weight is 424 g/mol. The molecule has 4 aliphatic carbocycles. The molecule has 174 valence electrons. The van der Waals surface area contributed by atoms with Crippen LogP contribution in [-0.2, 0) is 0 Å². The van der Waals surface area contributed by atoms with Gasteiger partial charge in [-0.2, -0.15) is 0 Å². The quantitative estimate of drug-likeness (QED) is 0.422. The first-order valence-corrected chi connectivity index (χ1v) is 13.6. The number of fused-ring (bicyclic) bond motifs is 7. The molecule has 0 aromatic carbocycles. The second kappa shape index (κ2) is 7.22. The SMILES string of the molecule is C=C(C)[C@@H]1CCC=C2CC[C@]3(C)[C@H](CC[C@@H]4[C@@]5(C)CCCNC(C)(C)[C@@H]5CC[C@]43C)[C@H]21. The molecule has 1 N–H and O–H groups in total. The highest BCUT2D eigenvalue weighted by Crippen LogP contribution is 2.74. The zero-order chi connectivity index (χ0) is 22.2. The lowest BCUT2D eigenvalue weighted by Crippen LogP contribution is -2.65. The van der Waals surface area contributed by atoms with Crippen molar-refractivity contribution in [2.24, 2.45) is 45.8 Å². The van der Waals surface area contributed by atoms with E-state index in [2.05, 4.69) is 59.5 Å². The van der Waals surface area contributed by atoms with Gasteiger partial charge in [-0.05, 0) is 137 Å². The Bertz CT molecular complexity index is 775. The van der Waals surface area contributed by atoms with Crippen molar-refractivity contribution < 1.29 is 0 Å². The van der Waals surface area contributed by atoms with Crippen LogP contribution in [0, 0.1) is 45.8 Å². The minimum Gasteiger partial charge on any atom is -0.311 e. The highest BCUT2D eigenvalue weighted by molar-refractivity contribution is 5.27. The predicted molar refractivity (Wildman–Crippen MR) is 133 cm³/mol. The van der Waals surface area contributed by atoms with Crippen molar-refractivity contribution in [2.45, 2.75) is 111 Å². The molecule has 0 bridgehead atoms. The van der Waals surface area contributed by atoms with E-state index in [1.807, 2.05) is 5.57 Å². The molecule has 5 rings (SSSR count). The topological polar surface area (TPSA) is 12.0 Å². The summed E-state index contributed by atoms with van der Waals surface area (Å²) >= 11 is 0. The van der Waals surface area contributed by atoms with Crippen LogP contribution in [0.3, 0.4) is 0 Å². The molecule has 5 aliphatic rings. The maximum absolute atomic E-state index is 4.49. The molecule has 1 nitrogen and oxygen atoms in total. The molecule has 1 saturated heterocycles. The lowest BCUT2D eigenvalue weighted by molar-refractivity contribution is -0.203. The molecule has 1 heterocycles. The standard InChI is InChI=1S/C30H49N/c1-20(2)22-11-8-10-21-14-17-29(6)23(26(21)22)12-13-25-28(5)16-9-19-31-27(3,4)24(28)15-18-30(25,29)7/h10,22-26,31H,1,8-9,11-19H2,2-7H3/t22-,23+,24-,25+,26+,28-,29+,30+/m0/s1. The molecule has 4 fully saturated rings. The molecular formula is C30H49N. The van der Waals surface area contributed by atoms with Gasteiger partial charge in [-0.25, -0.2) is 0 Å². The van der Waals surface area contributed by atoms with Crippen LogP contribution in [0.15, 0.2) is 23.8 Å². The summed E-state index contributed by atoms with van der Waals surface area (Å²) in [5, 5.41) is 3.96.